The highest BCUT2D eigenvalue weighted by Gasteiger charge is 1.84. The molecule has 17 heavy (non-hydrogen) atoms. The van der Waals surface area contributed by atoms with E-state index in [1.165, 1.54) is 18.4 Å². The average molecular weight is 243 g/mol. The van der Waals surface area contributed by atoms with E-state index in [1.807, 2.05) is 34.6 Å². The lowest BCUT2D eigenvalue weighted by Gasteiger charge is -1.93. The minimum absolute atomic E-state index is 0. The van der Waals surface area contributed by atoms with Crippen molar-refractivity contribution in [1.29, 1.82) is 0 Å². The molecule has 0 unspecified atom stereocenters. The van der Waals surface area contributed by atoms with Crippen molar-refractivity contribution in [2.24, 2.45) is 5.73 Å². The minimum atomic E-state index is 0. The Morgan fingerprint density at radius 1 is 0.882 bits per heavy atom. The first-order chi connectivity index (χ1) is 7.85. The van der Waals surface area contributed by atoms with Crippen LogP contribution in [0.1, 0.15) is 53.5 Å². The lowest BCUT2D eigenvalue weighted by molar-refractivity contribution is 0.824. The smallest absolute Gasteiger partial charge is 0.0106 e. The predicted molar refractivity (Wildman–Crippen MR) is 81.5 cm³/mol. The molecule has 4 N–H and O–H groups in total. The normalized spacial score (nSPS) is 6.76. The van der Waals surface area contributed by atoms with Crippen molar-refractivity contribution in [3.05, 3.63) is 35.9 Å². The molecule has 1 rings (SSSR count). The summed E-state index contributed by atoms with van der Waals surface area (Å²) in [5.74, 6) is 0. The van der Waals surface area contributed by atoms with Crippen molar-refractivity contribution in [3.8, 4) is 0 Å². The lowest BCUT2D eigenvalue weighted by atomic mass is 10.1. The van der Waals surface area contributed by atoms with Crippen molar-refractivity contribution in [1.82, 2.24) is 0 Å². The van der Waals surface area contributed by atoms with Gasteiger partial charge in [-0.05, 0) is 18.5 Å². The molecule has 0 aliphatic carbocycles. The van der Waals surface area contributed by atoms with Gasteiger partial charge in [0.1, 0.15) is 0 Å². The van der Waals surface area contributed by atoms with E-state index in [0.29, 0.717) is 0 Å². The Balaban J connectivity index is -0.0000000911. The fourth-order valence-electron chi connectivity index (χ4n) is 0.933. The third-order valence-electron chi connectivity index (χ3n) is 1.38. The Labute approximate surface area is 109 Å². The van der Waals surface area contributed by atoms with Crippen LogP contribution in [0.5, 0.6) is 0 Å². The molecule has 0 aliphatic heterocycles. The fraction of sp³-hybridized carbons (Fsp3) is 0.600. The van der Waals surface area contributed by atoms with Gasteiger partial charge in [0.25, 0.3) is 0 Å². The van der Waals surface area contributed by atoms with Gasteiger partial charge in [-0.3, -0.25) is 0 Å². The van der Waals surface area contributed by atoms with E-state index in [9.17, 15) is 0 Å². The van der Waals surface area contributed by atoms with E-state index in [-0.39, 0.29) is 5.48 Å². The summed E-state index contributed by atoms with van der Waals surface area (Å²) in [7, 11) is 0. The minimum Gasteiger partial charge on any atom is -0.412 e. The second-order valence-electron chi connectivity index (χ2n) is 2.64. The van der Waals surface area contributed by atoms with Crippen LogP contribution in [0.4, 0.5) is 0 Å². The van der Waals surface area contributed by atoms with Gasteiger partial charge < -0.3 is 11.2 Å². The zero-order valence-corrected chi connectivity index (χ0v) is 12.6. The number of hydrogen-bond donors (Lipinski definition) is 1. The molecule has 0 aromatic heterocycles. The maximum absolute atomic E-state index is 4.85. The maximum atomic E-state index is 4.85. The predicted octanol–water partition coefficient (Wildman–Crippen LogP) is 3.83. The van der Waals surface area contributed by atoms with Crippen LogP contribution in [-0.2, 0) is 6.42 Å². The zero-order valence-electron chi connectivity index (χ0n) is 12.6. The molecule has 104 valence electrons. The standard InChI is InChI=1S/C9H12.C2H7N.2C2H6.H2O/c1-2-6-9-7-4-3-5-8-9;1-2-3;2*1-2;/h3-5,7-8H,2,6H2,1H3;2-3H2,1H3;2*1-2H3;1H2. The fourth-order valence-corrected chi connectivity index (χ4v) is 0.933. The second-order valence-corrected chi connectivity index (χ2v) is 2.64. The van der Waals surface area contributed by atoms with Gasteiger partial charge in [0.2, 0.25) is 0 Å². The van der Waals surface area contributed by atoms with Crippen LogP contribution in [0.2, 0.25) is 0 Å². The van der Waals surface area contributed by atoms with Gasteiger partial charge in [0.05, 0.1) is 0 Å². The van der Waals surface area contributed by atoms with Gasteiger partial charge in [0, 0.05) is 0 Å². The molecule has 0 bridgehead atoms. The SMILES string of the molecule is CC.CC.CCCc1ccccc1.CCN.O. The van der Waals surface area contributed by atoms with E-state index >= 15 is 0 Å². The molecule has 0 radical (unpaired) electrons. The molecule has 0 aliphatic rings. The number of nitrogens with two attached hydrogens (primary N) is 1. The number of hydrogen-bond acceptors (Lipinski definition) is 1. The van der Waals surface area contributed by atoms with E-state index in [1.54, 1.807) is 0 Å². The summed E-state index contributed by atoms with van der Waals surface area (Å²) in [5, 5.41) is 0. The molecule has 0 saturated carbocycles. The van der Waals surface area contributed by atoms with E-state index in [4.69, 9.17) is 5.73 Å². The summed E-state index contributed by atoms with van der Waals surface area (Å²) >= 11 is 0. The molecule has 2 nitrogen and oxygen atoms in total. The summed E-state index contributed by atoms with van der Waals surface area (Å²) in [6.07, 6.45) is 2.45. The summed E-state index contributed by atoms with van der Waals surface area (Å²) in [6.45, 7) is 12.9. The second kappa shape index (κ2) is 29.4. The largest absolute Gasteiger partial charge is 0.412 e. The number of benzene rings is 1. The Kier molecular flexibility index (Phi) is 43.5. The van der Waals surface area contributed by atoms with Gasteiger partial charge in [-0.25, -0.2) is 0 Å². The van der Waals surface area contributed by atoms with E-state index in [0.717, 1.165) is 6.54 Å². The van der Waals surface area contributed by atoms with Crippen LogP contribution in [0.15, 0.2) is 30.3 Å². The monoisotopic (exact) mass is 243 g/mol. The van der Waals surface area contributed by atoms with Gasteiger partial charge in [0.15, 0.2) is 0 Å². The molecule has 0 amide bonds. The zero-order chi connectivity index (χ0) is 13.2. The molecule has 0 saturated heterocycles. The van der Waals surface area contributed by atoms with E-state index in [2.05, 4.69) is 37.3 Å². The van der Waals surface area contributed by atoms with Gasteiger partial charge in [-0.2, -0.15) is 0 Å². The topological polar surface area (TPSA) is 57.5 Å². The van der Waals surface area contributed by atoms with Crippen molar-refractivity contribution in [3.63, 3.8) is 0 Å². The van der Waals surface area contributed by atoms with Gasteiger partial charge in [-0.1, -0.05) is 78.3 Å². The third kappa shape index (κ3) is 25.4. The first-order valence-electron chi connectivity index (χ1n) is 6.59. The van der Waals surface area contributed by atoms with Gasteiger partial charge in [-0.15, -0.1) is 0 Å². The average Bonchev–Trinajstić information content (AvgIpc) is 2.37. The van der Waals surface area contributed by atoms with Crippen molar-refractivity contribution < 1.29 is 5.48 Å². The van der Waals surface area contributed by atoms with Crippen molar-refractivity contribution in [2.75, 3.05) is 6.54 Å². The lowest BCUT2D eigenvalue weighted by Crippen LogP contribution is -1.87. The molecule has 0 fully saturated rings. The molecule has 0 spiro atoms. The quantitative estimate of drug-likeness (QED) is 0.843. The maximum Gasteiger partial charge on any atom is -0.0106 e. The van der Waals surface area contributed by atoms with Crippen LogP contribution in [-0.4, -0.2) is 12.0 Å². The Morgan fingerprint density at radius 2 is 1.24 bits per heavy atom. The first kappa shape index (κ1) is 25.1. The number of rotatable bonds is 2. The highest BCUT2D eigenvalue weighted by atomic mass is 16.0. The van der Waals surface area contributed by atoms with Crippen LogP contribution in [0.25, 0.3) is 0 Å². The molecular formula is C15H33NO. The van der Waals surface area contributed by atoms with E-state index < -0.39 is 0 Å². The summed E-state index contributed by atoms with van der Waals surface area (Å²) < 4.78 is 0. The highest BCUT2D eigenvalue weighted by Crippen LogP contribution is 2.00. The summed E-state index contributed by atoms with van der Waals surface area (Å²) in [5.41, 5.74) is 6.29. The van der Waals surface area contributed by atoms with Crippen LogP contribution in [0.3, 0.4) is 0 Å². The van der Waals surface area contributed by atoms with Crippen LogP contribution >= 0.6 is 0 Å². The molecular weight excluding hydrogens is 210 g/mol. The summed E-state index contributed by atoms with van der Waals surface area (Å²) in [6, 6.07) is 10.6. The van der Waals surface area contributed by atoms with Crippen LogP contribution in [0, 0.1) is 0 Å². The third-order valence-corrected chi connectivity index (χ3v) is 1.38. The first-order valence-corrected chi connectivity index (χ1v) is 6.59. The molecule has 0 heterocycles. The van der Waals surface area contributed by atoms with Crippen LogP contribution < -0.4 is 5.73 Å². The van der Waals surface area contributed by atoms with Crippen molar-refractivity contribution >= 4 is 0 Å². The highest BCUT2D eigenvalue weighted by molar-refractivity contribution is 5.14. The molecule has 2 heteroatoms. The molecule has 1 aromatic rings. The van der Waals surface area contributed by atoms with Crippen molar-refractivity contribution in [2.45, 2.75) is 54.4 Å². The summed E-state index contributed by atoms with van der Waals surface area (Å²) in [4.78, 5) is 0. The van der Waals surface area contributed by atoms with Gasteiger partial charge >= 0.3 is 0 Å². The molecule has 0 atom stereocenters. The Morgan fingerprint density at radius 3 is 1.53 bits per heavy atom. The molecule has 1 aromatic carbocycles. The Bertz CT molecular complexity index is 176. The Hall–Kier alpha value is -0.860. The number of aryl methyl sites for hydroxylation is 1.